The fourth-order valence-electron chi connectivity index (χ4n) is 2.62. The number of hydrogen-bond acceptors (Lipinski definition) is 3. The number of anilines is 1. The van der Waals surface area contributed by atoms with Crippen LogP contribution in [0.1, 0.15) is 35.0 Å². The van der Waals surface area contributed by atoms with Crippen molar-refractivity contribution in [2.75, 3.05) is 12.8 Å². The molecule has 1 unspecified atom stereocenters. The van der Waals surface area contributed by atoms with Gasteiger partial charge in [0.1, 0.15) is 4.88 Å². The quantitative estimate of drug-likeness (QED) is 0.936. The summed E-state index contributed by atoms with van der Waals surface area (Å²) in [6, 6.07) is 6.44. The van der Waals surface area contributed by atoms with E-state index in [4.69, 9.17) is 5.73 Å². The van der Waals surface area contributed by atoms with E-state index in [0.29, 0.717) is 22.5 Å². The molecule has 1 heterocycles. The van der Waals surface area contributed by atoms with Crippen LogP contribution in [0, 0.1) is 12.8 Å². The molecule has 0 bridgehead atoms. The largest absolute Gasteiger partial charge is 0.397 e. The number of benzene rings is 1. The summed E-state index contributed by atoms with van der Waals surface area (Å²) in [5.41, 5.74) is 8.00. The van der Waals surface area contributed by atoms with Crippen molar-refractivity contribution in [1.29, 1.82) is 0 Å². The number of nitrogen functional groups attached to an aromatic ring is 1. The Morgan fingerprint density at radius 1 is 1.45 bits per heavy atom. The molecule has 1 aliphatic carbocycles. The third-order valence-electron chi connectivity index (χ3n) is 4.31. The van der Waals surface area contributed by atoms with E-state index in [1.54, 1.807) is 0 Å². The van der Waals surface area contributed by atoms with Gasteiger partial charge in [0, 0.05) is 23.2 Å². The molecule has 2 N–H and O–H groups in total. The lowest BCUT2D eigenvalue weighted by molar-refractivity contribution is 0.0733. The second kappa shape index (κ2) is 4.77. The summed E-state index contributed by atoms with van der Waals surface area (Å²) in [5, 5.41) is 0.997. The van der Waals surface area contributed by atoms with Crippen molar-refractivity contribution in [3.05, 3.63) is 28.6 Å². The van der Waals surface area contributed by atoms with Crippen molar-refractivity contribution in [3.8, 4) is 0 Å². The van der Waals surface area contributed by atoms with Gasteiger partial charge in [-0.15, -0.1) is 11.3 Å². The maximum absolute atomic E-state index is 12.7. The molecule has 0 aliphatic heterocycles. The lowest BCUT2D eigenvalue weighted by atomic mass is 10.1. The molecule has 1 fully saturated rings. The molecule has 0 saturated heterocycles. The first-order chi connectivity index (χ1) is 9.49. The number of carbonyl (C=O) groups is 1. The first kappa shape index (κ1) is 13.4. The zero-order chi connectivity index (χ0) is 14.4. The maximum Gasteiger partial charge on any atom is 0.266 e. The first-order valence-corrected chi connectivity index (χ1v) is 7.86. The number of fused-ring (bicyclic) bond motifs is 1. The fourth-order valence-corrected chi connectivity index (χ4v) is 3.83. The molecule has 1 saturated carbocycles. The van der Waals surface area contributed by atoms with Crippen LogP contribution >= 0.6 is 11.3 Å². The average Bonchev–Trinajstić information content (AvgIpc) is 3.22. The standard InChI is InChI=1S/C16H20N2OS/c1-9-4-7-12-13(8-9)20-15(14(12)17)16(19)18(3)10(2)11-5-6-11/h4,7-8,10-11H,5-6,17H2,1-3H3. The molecule has 0 radical (unpaired) electrons. The fraction of sp³-hybridized carbons (Fsp3) is 0.438. The molecule has 0 spiro atoms. The van der Waals surface area contributed by atoms with Crippen LogP contribution in [0.4, 0.5) is 5.69 Å². The number of nitrogens with zero attached hydrogens (tertiary/aromatic N) is 1. The Morgan fingerprint density at radius 3 is 2.80 bits per heavy atom. The Hall–Kier alpha value is -1.55. The molecule has 3 rings (SSSR count). The molecule has 1 aliphatic rings. The Bertz CT molecular complexity index is 672. The van der Waals surface area contributed by atoms with Crippen molar-refractivity contribution in [3.63, 3.8) is 0 Å². The highest BCUT2D eigenvalue weighted by Gasteiger charge is 2.33. The Labute approximate surface area is 123 Å². The zero-order valence-corrected chi connectivity index (χ0v) is 13.0. The summed E-state index contributed by atoms with van der Waals surface area (Å²) >= 11 is 1.51. The summed E-state index contributed by atoms with van der Waals surface area (Å²) in [6.45, 7) is 4.18. The van der Waals surface area contributed by atoms with Gasteiger partial charge in [-0.25, -0.2) is 0 Å². The van der Waals surface area contributed by atoms with E-state index in [0.717, 1.165) is 10.1 Å². The molecule has 1 amide bonds. The minimum absolute atomic E-state index is 0.0563. The average molecular weight is 288 g/mol. The van der Waals surface area contributed by atoms with E-state index >= 15 is 0 Å². The molecular weight excluding hydrogens is 268 g/mol. The topological polar surface area (TPSA) is 46.3 Å². The summed E-state index contributed by atoms with van der Waals surface area (Å²) in [6.07, 6.45) is 2.47. The number of aryl methyl sites for hydroxylation is 1. The molecule has 4 heteroatoms. The Kier molecular flexibility index (Phi) is 3.21. The third-order valence-corrected chi connectivity index (χ3v) is 5.47. The number of hydrogen-bond donors (Lipinski definition) is 1. The van der Waals surface area contributed by atoms with E-state index < -0.39 is 0 Å². The van der Waals surface area contributed by atoms with Gasteiger partial charge >= 0.3 is 0 Å². The molecule has 2 aromatic rings. The minimum atomic E-state index is 0.0563. The second-order valence-corrected chi connectivity index (χ2v) is 6.89. The van der Waals surface area contributed by atoms with Crippen molar-refractivity contribution in [2.45, 2.75) is 32.7 Å². The number of amides is 1. The van der Waals surface area contributed by atoms with Gasteiger partial charge in [0.15, 0.2) is 0 Å². The second-order valence-electron chi connectivity index (χ2n) is 5.84. The van der Waals surface area contributed by atoms with Crippen LogP contribution in [0.25, 0.3) is 10.1 Å². The van der Waals surface area contributed by atoms with Crippen molar-refractivity contribution >= 4 is 33.0 Å². The van der Waals surface area contributed by atoms with Crippen LogP contribution in [0.3, 0.4) is 0 Å². The summed E-state index contributed by atoms with van der Waals surface area (Å²) in [5.74, 6) is 0.725. The molecular formula is C16H20N2OS. The van der Waals surface area contributed by atoms with Crippen LogP contribution in [0.15, 0.2) is 18.2 Å². The van der Waals surface area contributed by atoms with Crippen LogP contribution < -0.4 is 5.73 Å². The number of rotatable bonds is 3. The van der Waals surface area contributed by atoms with Crippen molar-refractivity contribution < 1.29 is 4.79 Å². The van der Waals surface area contributed by atoms with Gasteiger partial charge in [-0.1, -0.05) is 12.1 Å². The monoisotopic (exact) mass is 288 g/mol. The van der Waals surface area contributed by atoms with E-state index in [-0.39, 0.29) is 5.91 Å². The van der Waals surface area contributed by atoms with Gasteiger partial charge in [-0.2, -0.15) is 0 Å². The maximum atomic E-state index is 12.7. The van der Waals surface area contributed by atoms with E-state index in [1.807, 2.05) is 24.1 Å². The number of nitrogens with two attached hydrogens (primary N) is 1. The summed E-state index contributed by atoms with van der Waals surface area (Å²) in [4.78, 5) is 15.2. The van der Waals surface area contributed by atoms with Gasteiger partial charge in [-0.3, -0.25) is 4.79 Å². The smallest absolute Gasteiger partial charge is 0.266 e. The lowest BCUT2D eigenvalue weighted by Crippen LogP contribution is -2.36. The summed E-state index contributed by atoms with van der Waals surface area (Å²) in [7, 11) is 1.89. The molecule has 106 valence electrons. The SMILES string of the molecule is Cc1ccc2c(N)c(C(=O)N(C)C(C)C3CC3)sc2c1. The predicted molar refractivity (Wildman–Crippen MR) is 85.3 cm³/mol. The number of thiophene rings is 1. The van der Waals surface area contributed by atoms with E-state index in [2.05, 4.69) is 19.9 Å². The van der Waals surface area contributed by atoms with E-state index in [9.17, 15) is 4.79 Å². The zero-order valence-electron chi connectivity index (χ0n) is 12.1. The minimum Gasteiger partial charge on any atom is -0.397 e. The van der Waals surface area contributed by atoms with Gasteiger partial charge < -0.3 is 10.6 Å². The van der Waals surface area contributed by atoms with Gasteiger partial charge in [0.05, 0.1) is 5.69 Å². The van der Waals surface area contributed by atoms with Crippen LogP contribution in [0.5, 0.6) is 0 Å². The molecule has 1 aromatic carbocycles. The highest BCUT2D eigenvalue weighted by atomic mass is 32.1. The third kappa shape index (κ3) is 2.18. The van der Waals surface area contributed by atoms with Crippen LogP contribution in [-0.2, 0) is 0 Å². The Morgan fingerprint density at radius 2 is 2.15 bits per heavy atom. The van der Waals surface area contributed by atoms with Gasteiger partial charge in [0.25, 0.3) is 5.91 Å². The normalized spacial score (nSPS) is 16.4. The van der Waals surface area contributed by atoms with Crippen LogP contribution in [0.2, 0.25) is 0 Å². The predicted octanol–water partition coefficient (Wildman–Crippen LogP) is 3.66. The molecule has 1 aromatic heterocycles. The highest BCUT2D eigenvalue weighted by Crippen LogP contribution is 2.38. The lowest BCUT2D eigenvalue weighted by Gasteiger charge is -2.24. The van der Waals surface area contributed by atoms with Gasteiger partial charge in [-0.05, 0) is 44.2 Å². The van der Waals surface area contributed by atoms with Crippen molar-refractivity contribution in [1.82, 2.24) is 4.90 Å². The first-order valence-electron chi connectivity index (χ1n) is 7.05. The molecule has 1 atom stereocenters. The number of carbonyl (C=O) groups excluding carboxylic acids is 1. The summed E-state index contributed by atoms with van der Waals surface area (Å²) < 4.78 is 1.10. The highest BCUT2D eigenvalue weighted by molar-refractivity contribution is 7.21. The van der Waals surface area contributed by atoms with Crippen LogP contribution in [-0.4, -0.2) is 23.9 Å². The Balaban J connectivity index is 1.96. The molecule has 3 nitrogen and oxygen atoms in total. The molecule has 20 heavy (non-hydrogen) atoms. The van der Waals surface area contributed by atoms with Crippen molar-refractivity contribution in [2.24, 2.45) is 5.92 Å². The van der Waals surface area contributed by atoms with Gasteiger partial charge in [0.2, 0.25) is 0 Å². The van der Waals surface area contributed by atoms with E-state index in [1.165, 1.54) is 29.7 Å².